The van der Waals surface area contributed by atoms with E-state index in [0.29, 0.717) is 24.4 Å². The maximum atomic E-state index is 12.7. The van der Waals surface area contributed by atoms with Crippen LogP contribution in [0.15, 0.2) is 4.52 Å². The number of likely N-dealkylation sites (tertiary alicyclic amines) is 2. The first-order chi connectivity index (χ1) is 10.6. The van der Waals surface area contributed by atoms with Gasteiger partial charge in [-0.25, -0.2) is 0 Å². The van der Waals surface area contributed by atoms with Gasteiger partial charge in [-0.15, -0.1) is 0 Å². The summed E-state index contributed by atoms with van der Waals surface area (Å²) in [6.07, 6.45) is 6.10. The van der Waals surface area contributed by atoms with E-state index >= 15 is 0 Å². The second-order valence-corrected chi connectivity index (χ2v) is 6.79. The van der Waals surface area contributed by atoms with Crippen LogP contribution in [0.2, 0.25) is 0 Å². The van der Waals surface area contributed by atoms with Crippen LogP contribution in [0, 0.1) is 13.8 Å². The summed E-state index contributed by atoms with van der Waals surface area (Å²) in [5.74, 6) is 1.14. The maximum Gasteiger partial charge on any atom is 0.223 e. The molecular formula is C17H27N3O2. The van der Waals surface area contributed by atoms with Gasteiger partial charge in [-0.05, 0) is 59.5 Å². The van der Waals surface area contributed by atoms with Crippen LogP contribution in [0.5, 0.6) is 0 Å². The molecule has 0 aliphatic carbocycles. The number of aryl methyl sites for hydroxylation is 2. The Morgan fingerprint density at radius 1 is 1.23 bits per heavy atom. The number of carbonyl (C=O) groups excluding carboxylic acids is 1. The van der Waals surface area contributed by atoms with Gasteiger partial charge in [-0.2, -0.15) is 0 Å². The van der Waals surface area contributed by atoms with Gasteiger partial charge in [0, 0.05) is 30.6 Å². The van der Waals surface area contributed by atoms with Crippen molar-refractivity contribution in [2.75, 3.05) is 20.1 Å². The van der Waals surface area contributed by atoms with E-state index in [1.54, 1.807) is 0 Å². The first-order valence-corrected chi connectivity index (χ1v) is 8.49. The van der Waals surface area contributed by atoms with Gasteiger partial charge in [0.15, 0.2) is 0 Å². The van der Waals surface area contributed by atoms with Crippen LogP contribution >= 0.6 is 0 Å². The fourth-order valence-electron chi connectivity index (χ4n) is 4.16. The molecule has 2 unspecified atom stereocenters. The third kappa shape index (κ3) is 2.91. The Labute approximate surface area is 132 Å². The lowest BCUT2D eigenvalue weighted by molar-refractivity contribution is -0.132. The van der Waals surface area contributed by atoms with Gasteiger partial charge in [0.05, 0.1) is 5.69 Å². The van der Waals surface area contributed by atoms with Crippen LogP contribution in [0.25, 0.3) is 0 Å². The Bertz CT molecular complexity index is 521. The van der Waals surface area contributed by atoms with Crippen molar-refractivity contribution in [2.24, 2.45) is 0 Å². The third-order valence-electron chi connectivity index (χ3n) is 5.41. The molecule has 0 spiro atoms. The molecule has 2 atom stereocenters. The largest absolute Gasteiger partial charge is 0.361 e. The van der Waals surface area contributed by atoms with E-state index in [1.165, 1.54) is 19.4 Å². The Morgan fingerprint density at radius 2 is 1.95 bits per heavy atom. The third-order valence-corrected chi connectivity index (χ3v) is 5.41. The van der Waals surface area contributed by atoms with E-state index < -0.39 is 0 Å². The summed E-state index contributed by atoms with van der Waals surface area (Å²) in [7, 11) is 2.20. The Morgan fingerprint density at radius 3 is 2.59 bits per heavy atom. The molecule has 0 aromatic carbocycles. The zero-order chi connectivity index (χ0) is 15.7. The molecule has 122 valence electrons. The second-order valence-electron chi connectivity index (χ2n) is 6.79. The topological polar surface area (TPSA) is 49.6 Å². The standard InChI is InChI=1S/C17H27N3O2/c1-12-14(13(2)22-18-12)8-9-17(21)20-11-5-7-16(20)15-6-4-10-19(15)3/h15-16H,4-11H2,1-3H3. The average molecular weight is 305 g/mol. The molecule has 0 radical (unpaired) electrons. The summed E-state index contributed by atoms with van der Waals surface area (Å²) in [5, 5.41) is 3.97. The maximum absolute atomic E-state index is 12.7. The van der Waals surface area contributed by atoms with E-state index in [-0.39, 0.29) is 0 Å². The number of hydrogen-bond acceptors (Lipinski definition) is 4. The van der Waals surface area contributed by atoms with Crippen LogP contribution < -0.4 is 0 Å². The summed E-state index contributed by atoms with van der Waals surface area (Å²) in [6, 6.07) is 0.982. The smallest absolute Gasteiger partial charge is 0.223 e. The van der Waals surface area contributed by atoms with Crippen molar-refractivity contribution in [1.82, 2.24) is 15.0 Å². The number of hydrogen-bond donors (Lipinski definition) is 0. The van der Waals surface area contributed by atoms with Crippen molar-refractivity contribution >= 4 is 5.91 Å². The van der Waals surface area contributed by atoms with Crippen LogP contribution in [-0.4, -0.2) is 53.1 Å². The molecule has 0 N–H and O–H groups in total. The highest BCUT2D eigenvalue weighted by molar-refractivity contribution is 5.77. The van der Waals surface area contributed by atoms with Crippen molar-refractivity contribution in [3.63, 3.8) is 0 Å². The second kappa shape index (κ2) is 6.41. The molecule has 5 nitrogen and oxygen atoms in total. The molecule has 2 saturated heterocycles. The van der Waals surface area contributed by atoms with Gasteiger partial charge in [0.1, 0.15) is 5.76 Å². The summed E-state index contributed by atoms with van der Waals surface area (Å²) in [6.45, 7) is 5.96. The first-order valence-electron chi connectivity index (χ1n) is 8.49. The molecule has 22 heavy (non-hydrogen) atoms. The minimum absolute atomic E-state index is 0.294. The van der Waals surface area contributed by atoms with E-state index in [1.807, 2.05) is 13.8 Å². The highest BCUT2D eigenvalue weighted by atomic mass is 16.5. The number of likely N-dealkylation sites (N-methyl/N-ethyl adjacent to an activating group) is 1. The van der Waals surface area contributed by atoms with E-state index in [0.717, 1.165) is 42.8 Å². The zero-order valence-corrected chi connectivity index (χ0v) is 14.0. The number of rotatable bonds is 4. The fraction of sp³-hybridized carbons (Fsp3) is 0.765. The van der Waals surface area contributed by atoms with Gasteiger partial charge >= 0.3 is 0 Å². The Hall–Kier alpha value is -1.36. The van der Waals surface area contributed by atoms with Gasteiger partial charge in [0.25, 0.3) is 0 Å². The number of nitrogens with zero attached hydrogens (tertiary/aromatic N) is 3. The van der Waals surface area contributed by atoms with Crippen LogP contribution in [0.4, 0.5) is 0 Å². The molecule has 2 aliphatic heterocycles. The van der Waals surface area contributed by atoms with Crippen LogP contribution in [-0.2, 0) is 11.2 Å². The quantitative estimate of drug-likeness (QED) is 0.856. The molecule has 1 amide bonds. The minimum Gasteiger partial charge on any atom is -0.361 e. The van der Waals surface area contributed by atoms with Crippen molar-refractivity contribution in [3.05, 3.63) is 17.0 Å². The summed E-state index contributed by atoms with van der Waals surface area (Å²) in [4.78, 5) is 17.3. The van der Waals surface area contributed by atoms with Gasteiger partial charge in [-0.3, -0.25) is 4.79 Å². The van der Waals surface area contributed by atoms with Gasteiger partial charge in [0.2, 0.25) is 5.91 Å². The predicted octanol–water partition coefficient (Wildman–Crippen LogP) is 2.31. The molecule has 2 aliphatic rings. The lowest BCUT2D eigenvalue weighted by Crippen LogP contribution is -2.47. The van der Waals surface area contributed by atoms with Crippen molar-refractivity contribution in [2.45, 2.75) is 64.5 Å². The molecular weight excluding hydrogens is 278 g/mol. The SMILES string of the molecule is Cc1noc(C)c1CCC(=O)N1CCCC1C1CCCN1C. The van der Waals surface area contributed by atoms with Crippen molar-refractivity contribution in [3.8, 4) is 0 Å². The van der Waals surface area contributed by atoms with E-state index in [9.17, 15) is 4.79 Å². The average Bonchev–Trinajstić information content (AvgIpc) is 3.18. The predicted molar refractivity (Wildman–Crippen MR) is 84.7 cm³/mol. The normalized spacial score (nSPS) is 26.0. The first kappa shape index (κ1) is 15.5. The summed E-state index contributed by atoms with van der Waals surface area (Å²) < 4.78 is 5.19. The summed E-state index contributed by atoms with van der Waals surface area (Å²) >= 11 is 0. The lowest BCUT2D eigenvalue weighted by Gasteiger charge is -2.33. The number of carbonyl (C=O) groups is 1. The van der Waals surface area contributed by atoms with E-state index in [2.05, 4.69) is 22.0 Å². The minimum atomic E-state index is 0.294. The van der Waals surface area contributed by atoms with Crippen molar-refractivity contribution < 1.29 is 9.32 Å². The molecule has 3 heterocycles. The van der Waals surface area contributed by atoms with Gasteiger partial charge < -0.3 is 14.3 Å². The molecule has 1 aromatic heterocycles. The number of amides is 1. The zero-order valence-electron chi connectivity index (χ0n) is 14.0. The van der Waals surface area contributed by atoms with Crippen LogP contribution in [0.3, 0.4) is 0 Å². The monoisotopic (exact) mass is 305 g/mol. The highest BCUT2D eigenvalue weighted by Crippen LogP contribution is 2.29. The van der Waals surface area contributed by atoms with E-state index in [4.69, 9.17) is 4.52 Å². The lowest BCUT2D eigenvalue weighted by atomic mass is 10.0. The highest BCUT2D eigenvalue weighted by Gasteiger charge is 2.38. The molecule has 0 saturated carbocycles. The Kier molecular flexibility index (Phi) is 4.52. The number of aromatic nitrogens is 1. The molecule has 2 fully saturated rings. The molecule has 5 heteroatoms. The summed E-state index contributed by atoms with van der Waals surface area (Å²) in [5.41, 5.74) is 2.01. The molecule has 1 aromatic rings. The Balaban J connectivity index is 1.61. The fourth-order valence-corrected chi connectivity index (χ4v) is 4.16. The molecule has 0 bridgehead atoms. The van der Waals surface area contributed by atoms with Gasteiger partial charge in [-0.1, -0.05) is 5.16 Å². The molecule has 3 rings (SSSR count). The van der Waals surface area contributed by atoms with Crippen molar-refractivity contribution in [1.29, 1.82) is 0 Å². The van der Waals surface area contributed by atoms with Crippen LogP contribution in [0.1, 0.15) is 49.1 Å².